The molecule has 82 valence electrons. The van der Waals surface area contributed by atoms with Crippen LogP contribution < -0.4 is 0 Å². The zero-order valence-electron chi connectivity index (χ0n) is 9.72. The van der Waals surface area contributed by atoms with Gasteiger partial charge in [-0.2, -0.15) is 0 Å². The molecule has 1 saturated heterocycles. The summed E-state index contributed by atoms with van der Waals surface area (Å²) >= 11 is 0. The Balaban J connectivity index is 1.86. The Morgan fingerprint density at radius 1 is 1.21 bits per heavy atom. The predicted octanol–water partition coefficient (Wildman–Crippen LogP) is 3.63. The van der Waals surface area contributed by atoms with Crippen LogP contribution in [0.25, 0.3) is 0 Å². The first-order valence-electron chi connectivity index (χ1n) is 6.28. The number of rotatable bonds is 2. The van der Waals surface area contributed by atoms with Crippen molar-refractivity contribution >= 4 is 0 Å². The van der Waals surface area contributed by atoms with E-state index in [0.717, 1.165) is 25.0 Å². The molecule has 1 aliphatic heterocycles. The van der Waals surface area contributed by atoms with E-state index in [1.165, 1.54) is 38.5 Å². The minimum absolute atomic E-state index is 0.706. The summed E-state index contributed by atoms with van der Waals surface area (Å²) in [4.78, 5) is 0. The molecule has 0 aromatic rings. The van der Waals surface area contributed by atoms with E-state index >= 15 is 0 Å². The molecular formula is C13H24O. The second-order valence-corrected chi connectivity index (χ2v) is 5.85. The highest BCUT2D eigenvalue weighted by atomic mass is 16.5. The average molecular weight is 196 g/mol. The van der Waals surface area contributed by atoms with E-state index in [9.17, 15) is 0 Å². The van der Waals surface area contributed by atoms with Crippen molar-refractivity contribution in [1.29, 1.82) is 0 Å². The van der Waals surface area contributed by atoms with Gasteiger partial charge in [-0.1, -0.05) is 13.8 Å². The molecule has 1 nitrogen and oxygen atoms in total. The van der Waals surface area contributed by atoms with Gasteiger partial charge in [-0.25, -0.2) is 0 Å². The van der Waals surface area contributed by atoms with Gasteiger partial charge in [0.1, 0.15) is 0 Å². The fourth-order valence-corrected chi connectivity index (χ4v) is 3.45. The van der Waals surface area contributed by atoms with E-state index in [1.54, 1.807) is 0 Å². The van der Waals surface area contributed by atoms with E-state index in [-0.39, 0.29) is 0 Å². The van der Waals surface area contributed by atoms with Crippen molar-refractivity contribution in [3.63, 3.8) is 0 Å². The van der Waals surface area contributed by atoms with Gasteiger partial charge in [-0.15, -0.1) is 0 Å². The van der Waals surface area contributed by atoms with Gasteiger partial charge in [0.2, 0.25) is 0 Å². The molecule has 1 saturated carbocycles. The molecule has 14 heavy (non-hydrogen) atoms. The molecule has 0 aromatic heterocycles. The van der Waals surface area contributed by atoms with Gasteiger partial charge >= 0.3 is 0 Å². The molecule has 1 atom stereocenters. The highest BCUT2D eigenvalue weighted by molar-refractivity contribution is 4.90. The first-order chi connectivity index (χ1) is 6.70. The van der Waals surface area contributed by atoms with Crippen LogP contribution in [0.3, 0.4) is 0 Å². The van der Waals surface area contributed by atoms with Gasteiger partial charge in [-0.3, -0.25) is 0 Å². The standard InChI is InChI=1S/C13H24O/c1-11(2)9-12-3-4-13(10-12)5-7-14-8-6-13/h11-12H,3-10H2,1-2H3. The molecule has 2 aliphatic rings. The number of hydrogen-bond donors (Lipinski definition) is 0. The third kappa shape index (κ3) is 2.31. The highest BCUT2D eigenvalue weighted by Crippen LogP contribution is 2.49. The van der Waals surface area contributed by atoms with Crippen LogP contribution in [0.5, 0.6) is 0 Å². The summed E-state index contributed by atoms with van der Waals surface area (Å²) in [6.45, 7) is 6.76. The molecule has 1 heterocycles. The lowest BCUT2D eigenvalue weighted by molar-refractivity contribution is 0.0157. The fraction of sp³-hybridized carbons (Fsp3) is 1.00. The maximum atomic E-state index is 5.47. The normalized spacial score (nSPS) is 31.5. The van der Waals surface area contributed by atoms with Gasteiger partial charge in [0.15, 0.2) is 0 Å². The van der Waals surface area contributed by atoms with Crippen LogP contribution in [-0.2, 0) is 4.74 Å². The van der Waals surface area contributed by atoms with Crippen molar-refractivity contribution in [3.05, 3.63) is 0 Å². The lowest BCUT2D eigenvalue weighted by Gasteiger charge is -2.33. The summed E-state index contributed by atoms with van der Waals surface area (Å²) in [7, 11) is 0. The molecular weight excluding hydrogens is 172 g/mol. The lowest BCUT2D eigenvalue weighted by Crippen LogP contribution is -2.27. The van der Waals surface area contributed by atoms with Crippen molar-refractivity contribution < 1.29 is 4.74 Å². The molecule has 0 amide bonds. The SMILES string of the molecule is CC(C)CC1CCC2(CCOCC2)C1. The summed E-state index contributed by atoms with van der Waals surface area (Å²) in [6.07, 6.45) is 8.58. The van der Waals surface area contributed by atoms with Crippen LogP contribution in [0.15, 0.2) is 0 Å². The van der Waals surface area contributed by atoms with Crippen molar-refractivity contribution in [2.45, 2.75) is 52.4 Å². The van der Waals surface area contributed by atoms with Gasteiger partial charge in [0, 0.05) is 13.2 Å². The zero-order chi connectivity index (χ0) is 10.0. The first-order valence-corrected chi connectivity index (χ1v) is 6.28. The van der Waals surface area contributed by atoms with E-state index < -0.39 is 0 Å². The third-order valence-electron chi connectivity index (χ3n) is 4.16. The van der Waals surface area contributed by atoms with E-state index in [1.807, 2.05) is 0 Å². The Hall–Kier alpha value is -0.0400. The van der Waals surface area contributed by atoms with Crippen LogP contribution in [0.1, 0.15) is 52.4 Å². The predicted molar refractivity (Wildman–Crippen MR) is 59.3 cm³/mol. The Bertz CT molecular complexity index is 180. The maximum absolute atomic E-state index is 5.47. The van der Waals surface area contributed by atoms with Crippen LogP contribution in [0, 0.1) is 17.3 Å². The van der Waals surface area contributed by atoms with Crippen molar-refractivity contribution in [2.24, 2.45) is 17.3 Å². The molecule has 1 unspecified atom stereocenters. The van der Waals surface area contributed by atoms with Crippen molar-refractivity contribution in [1.82, 2.24) is 0 Å². The van der Waals surface area contributed by atoms with Gasteiger partial charge in [-0.05, 0) is 55.8 Å². The van der Waals surface area contributed by atoms with E-state index in [4.69, 9.17) is 4.74 Å². The topological polar surface area (TPSA) is 9.23 Å². The number of hydrogen-bond acceptors (Lipinski definition) is 1. The van der Waals surface area contributed by atoms with Crippen LogP contribution in [0.2, 0.25) is 0 Å². The third-order valence-corrected chi connectivity index (χ3v) is 4.16. The van der Waals surface area contributed by atoms with Gasteiger partial charge in [0.25, 0.3) is 0 Å². The molecule has 2 fully saturated rings. The highest BCUT2D eigenvalue weighted by Gasteiger charge is 2.39. The molecule has 2 rings (SSSR count). The molecule has 0 aromatic carbocycles. The molecule has 0 N–H and O–H groups in total. The Morgan fingerprint density at radius 2 is 1.93 bits per heavy atom. The molecule has 0 bridgehead atoms. The van der Waals surface area contributed by atoms with Crippen molar-refractivity contribution in [3.8, 4) is 0 Å². The summed E-state index contributed by atoms with van der Waals surface area (Å²) in [6, 6.07) is 0. The molecule has 1 aliphatic carbocycles. The minimum atomic E-state index is 0.706. The van der Waals surface area contributed by atoms with E-state index in [0.29, 0.717) is 5.41 Å². The second-order valence-electron chi connectivity index (χ2n) is 5.85. The Morgan fingerprint density at radius 3 is 2.57 bits per heavy atom. The monoisotopic (exact) mass is 196 g/mol. The van der Waals surface area contributed by atoms with Crippen molar-refractivity contribution in [2.75, 3.05) is 13.2 Å². The summed E-state index contributed by atoms with van der Waals surface area (Å²) in [5.74, 6) is 1.91. The van der Waals surface area contributed by atoms with Crippen LogP contribution in [-0.4, -0.2) is 13.2 Å². The Kier molecular flexibility index (Phi) is 3.16. The fourth-order valence-electron chi connectivity index (χ4n) is 3.45. The van der Waals surface area contributed by atoms with Gasteiger partial charge < -0.3 is 4.74 Å². The number of ether oxygens (including phenoxy) is 1. The summed E-state index contributed by atoms with van der Waals surface area (Å²) < 4.78 is 5.47. The maximum Gasteiger partial charge on any atom is 0.0471 e. The van der Waals surface area contributed by atoms with Crippen LogP contribution in [0.4, 0.5) is 0 Å². The summed E-state index contributed by atoms with van der Waals surface area (Å²) in [5, 5.41) is 0. The molecule has 1 spiro atoms. The largest absolute Gasteiger partial charge is 0.381 e. The smallest absolute Gasteiger partial charge is 0.0471 e. The summed E-state index contributed by atoms with van der Waals surface area (Å²) in [5.41, 5.74) is 0.706. The van der Waals surface area contributed by atoms with E-state index in [2.05, 4.69) is 13.8 Å². The van der Waals surface area contributed by atoms with Gasteiger partial charge in [0.05, 0.1) is 0 Å². The Labute approximate surface area is 88.2 Å². The minimum Gasteiger partial charge on any atom is -0.381 e. The molecule has 1 heteroatoms. The second kappa shape index (κ2) is 4.22. The molecule has 0 radical (unpaired) electrons. The van der Waals surface area contributed by atoms with Crippen LogP contribution >= 0.6 is 0 Å². The zero-order valence-corrected chi connectivity index (χ0v) is 9.72. The first kappa shape index (κ1) is 10.5. The lowest BCUT2D eigenvalue weighted by atomic mass is 9.77. The average Bonchev–Trinajstić information content (AvgIpc) is 2.49. The quantitative estimate of drug-likeness (QED) is 0.655.